The lowest BCUT2D eigenvalue weighted by atomic mass is 10.1. The van der Waals surface area contributed by atoms with Gasteiger partial charge in [0.05, 0.1) is 17.7 Å². The Labute approximate surface area is 118 Å². The van der Waals surface area contributed by atoms with Gasteiger partial charge in [0.25, 0.3) is 5.91 Å². The number of aromatic nitrogens is 1. The average Bonchev–Trinajstić information content (AvgIpc) is 2.94. The molecule has 0 saturated carbocycles. The topological polar surface area (TPSA) is 79.5 Å². The highest BCUT2D eigenvalue weighted by molar-refractivity contribution is 5.96. The second kappa shape index (κ2) is 7.04. The first-order chi connectivity index (χ1) is 9.76. The summed E-state index contributed by atoms with van der Waals surface area (Å²) in [6.07, 6.45) is 4.89. The lowest BCUT2D eigenvalue weighted by Crippen LogP contribution is -2.29. The van der Waals surface area contributed by atoms with Gasteiger partial charge < -0.3 is 15.7 Å². The van der Waals surface area contributed by atoms with Crippen LogP contribution in [0.5, 0.6) is 0 Å². The summed E-state index contributed by atoms with van der Waals surface area (Å²) in [6.45, 7) is 1.86. The molecule has 1 aromatic rings. The number of hydrogen-bond acceptors (Lipinski definition) is 4. The smallest absolute Gasteiger partial charge is 0.255 e. The highest BCUT2D eigenvalue weighted by Crippen LogP contribution is 2.21. The molecule has 1 saturated heterocycles. The summed E-state index contributed by atoms with van der Waals surface area (Å²) >= 11 is 0. The van der Waals surface area contributed by atoms with Gasteiger partial charge in [0, 0.05) is 32.1 Å². The lowest BCUT2D eigenvalue weighted by molar-refractivity contribution is 0.0784. The molecule has 0 bridgehead atoms. The van der Waals surface area contributed by atoms with Crippen LogP contribution in [0.3, 0.4) is 0 Å². The molecule has 2 heterocycles. The van der Waals surface area contributed by atoms with Gasteiger partial charge in [-0.3, -0.25) is 9.78 Å². The number of likely N-dealkylation sites (tertiary alicyclic amines) is 1. The van der Waals surface area contributed by atoms with Crippen LogP contribution in [0, 0.1) is 17.8 Å². The summed E-state index contributed by atoms with van der Waals surface area (Å²) in [5.74, 6) is 6.02. The van der Waals surface area contributed by atoms with Crippen LogP contribution in [0.1, 0.15) is 28.8 Å². The van der Waals surface area contributed by atoms with Gasteiger partial charge in [-0.25, -0.2) is 0 Å². The van der Waals surface area contributed by atoms with Crippen LogP contribution < -0.4 is 5.73 Å². The van der Waals surface area contributed by atoms with Gasteiger partial charge in [-0.1, -0.05) is 11.8 Å². The molecule has 1 atom stereocenters. The molecule has 0 radical (unpaired) electrons. The Morgan fingerprint density at radius 1 is 1.60 bits per heavy atom. The number of hydrogen-bond donors (Lipinski definition) is 2. The molecule has 2 rings (SSSR count). The standard InChI is InChI=1S/C15H19N3O2/c16-6-1-2-13-10-17-7-3-14(13)15(20)18-8-4-12(11-18)5-9-19/h3,7,10,12,19H,4-6,8-9,11,16H2. The molecule has 1 aromatic heterocycles. The quantitative estimate of drug-likeness (QED) is 0.773. The minimum atomic E-state index is -0.0193. The van der Waals surface area contributed by atoms with Crippen molar-refractivity contribution in [3.05, 3.63) is 29.6 Å². The maximum absolute atomic E-state index is 12.5. The number of rotatable bonds is 3. The second-order valence-corrected chi connectivity index (χ2v) is 4.85. The van der Waals surface area contributed by atoms with Gasteiger partial charge in [-0.15, -0.1) is 0 Å². The third-order valence-electron chi connectivity index (χ3n) is 3.49. The van der Waals surface area contributed by atoms with Gasteiger partial charge in [0.2, 0.25) is 0 Å². The van der Waals surface area contributed by atoms with E-state index in [0.717, 1.165) is 19.4 Å². The van der Waals surface area contributed by atoms with E-state index in [1.165, 1.54) is 0 Å². The molecule has 3 N–H and O–H groups in total. The van der Waals surface area contributed by atoms with E-state index in [1.54, 1.807) is 18.5 Å². The van der Waals surface area contributed by atoms with Crippen molar-refractivity contribution in [3.8, 4) is 11.8 Å². The van der Waals surface area contributed by atoms with Crippen LogP contribution in [0.25, 0.3) is 0 Å². The number of nitrogens with zero attached hydrogens (tertiary/aromatic N) is 2. The molecular weight excluding hydrogens is 254 g/mol. The zero-order valence-corrected chi connectivity index (χ0v) is 11.4. The third-order valence-corrected chi connectivity index (χ3v) is 3.49. The molecule has 0 spiro atoms. The summed E-state index contributed by atoms with van der Waals surface area (Å²) in [4.78, 5) is 18.3. The van der Waals surface area contributed by atoms with E-state index in [9.17, 15) is 4.79 Å². The minimum Gasteiger partial charge on any atom is -0.396 e. The number of aliphatic hydroxyl groups excluding tert-OH is 1. The average molecular weight is 273 g/mol. The van der Waals surface area contributed by atoms with Crippen molar-refractivity contribution in [2.45, 2.75) is 12.8 Å². The van der Waals surface area contributed by atoms with Gasteiger partial charge in [-0.2, -0.15) is 0 Å². The number of nitrogens with two attached hydrogens (primary N) is 1. The monoisotopic (exact) mass is 273 g/mol. The molecule has 1 fully saturated rings. The summed E-state index contributed by atoms with van der Waals surface area (Å²) < 4.78 is 0. The van der Waals surface area contributed by atoms with E-state index in [-0.39, 0.29) is 19.1 Å². The predicted octanol–water partition coefficient (Wildman–Crippen LogP) is 0.236. The van der Waals surface area contributed by atoms with Gasteiger partial charge in [0.15, 0.2) is 0 Å². The van der Waals surface area contributed by atoms with Gasteiger partial charge >= 0.3 is 0 Å². The summed E-state index contributed by atoms with van der Waals surface area (Å²) in [7, 11) is 0. The maximum Gasteiger partial charge on any atom is 0.255 e. The third kappa shape index (κ3) is 3.35. The van der Waals surface area contributed by atoms with E-state index in [1.807, 2.05) is 4.90 Å². The molecule has 0 aromatic carbocycles. The highest BCUT2D eigenvalue weighted by Gasteiger charge is 2.27. The highest BCUT2D eigenvalue weighted by atomic mass is 16.3. The van der Waals surface area contributed by atoms with Crippen LogP contribution in [0.2, 0.25) is 0 Å². The summed E-state index contributed by atoms with van der Waals surface area (Å²) in [5.41, 5.74) is 6.56. The van der Waals surface area contributed by atoms with Crippen LogP contribution in [-0.2, 0) is 0 Å². The predicted molar refractivity (Wildman–Crippen MR) is 75.9 cm³/mol. The Morgan fingerprint density at radius 3 is 3.20 bits per heavy atom. The zero-order chi connectivity index (χ0) is 14.4. The number of pyridine rings is 1. The molecule has 1 unspecified atom stereocenters. The largest absolute Gasteiger partial charge is 0.396 e. The van der Waals surface area contributed by atoms with Crippen molar-refractivity contribution < 1.29 is 9.90 Å². The van der Waals surface area contributed by atoms with Crippen molar-refractivity contribution in [2.75, 3.05) is 26.2 Å². The van der Waals surface area contributed by atoms with Crippen LogP contribution in [-0.4, -0.2) is 47.1 Å². The van der Waals surface area contributed by atoms with Gasteiger partial charge in [-0.05, 0) is 24.8 Å². The van der Waals surface area contributed by atoms with Crippen LogP contribution in [0.15, 0.2) is 18.5 Å². The molecular formula is C15H19N3O2. The Bertz CT molecular complexity index is 533. The molecule has 1 aliphatic heterocycles. The fourth-order valence-corrected chi connectivity index (χ4v) is 2.43. The number of aliphatic hydroxyl groups is 1. The van der Waals surface area contributed by atoms with Crippen molar-refractivity contribution in [1.82, 2.24) is 9.88 Å². The normalized spacial score (nSPS) is 17.7. The molecule has 5 heteroatoms. The van der Waals surface area contributed by atoms with Crippen molar-refractivity contribution in [1.29, 1.82) is 0 Å². The molecule has 20 heavy (non-hydrogen) atoms. The molecule has 0 aliphatic carbocycles. The number of carbonyl (C=O) groups is 1. The van der Waals surface area contributed by atoms with E-state index >= 15 is 0 Å². The molecule has 106 valence electrons. The molecule has 1 amide bonds. The number of carbonyl (C=O) groups excluding carboxylic acids is 1. The van der Waals surface area contributed by atoms with Crippen molar-refractivity contribution in [2.24, 2.45) is 11.7 Å². The van der Waals surface area contributed by atoms with Gasteiger partial charge in [0.1, 0.15) is 0 Å². The van der Waals surface area contributed by atoms with E-state index < -0.39 is 0 Å². The first kappa shape index (κ1) is 14.5. The van der Waals surface area contributed by atoms with Crippen molar-refractivity contribution in [3.63, 3.8) is 0 Å². The Balaban J connectivity index is 2.14. The summed E-state index contributed by atoms with van der Waals surface area (Å²) in [5, 5.41) is 8.97. The lowest BCUT2D eigenvalue weighted by Gasteiger charge is -2.17. The van der Waals surface area contributed by atoms with Crippen molar-refractivity contribution >= 4 is 5.91 Å². The fraction of sp³-hybridized carbons (Fsp3) is 0.467. The summed E-state index contributed by atoms with van der Waals surface area (Å²) in [6, 6.07) is 1.70. The first-order valence-corrected chi connectivity index (χ1v) is 6.79. The van der Waals surface area contributed by atoms with E-state index in [2.05, 4.69) is 16.8 Å². The van der Waals surface area contributed by atoms with E-state index in [0.29, 0.717) is 23.6 Å². The number of amides is 1. The SMILES string of the molecule is NCC#Cc1cnccc1C(=O)N1CCC(CCO)C1. The Hall–Kier alpha value is -1.90. The minimum absolute atomic E-state index is 0.0193. The molecule has 5 nitrogen and oxygen atoms in total. The zero-order valence-electron chi connectivity index (χ0n) is 11.4. The molecule has 1 aliphatic rings. The fourth-order valence-electron chi connectivity index (χ4n) is 2.43. The second-order valence-electron chi connectivity index (χ2n) is 4.85. The first-order valence-electron chi connectivity index (χ1n) is 6.79. The maximum atomic E-state index is 12.5. The van der Waals surface area contributed by atoms with E-state index in [4.69, 9.17) is 10.8 Å². The van der Waals surface area contributed by atoms with Crippen LogP contribution >= 0.6 is 0 Å². The Morgan fingerprint density at radius 2 is 2.45 bits per heavy atom. The Kier molecular flexibility index (Phi) is 5.10. The van der Waals surface area contributed by atoms with Crippen LogP contribution in [0.4, 0.5) is 0 Å².